The quantitative estimate of drug-likeness (QED) is 0.309. The molecule has 0 aliphatic carbocycles. The Labute approximate surface area is 220 Å². The third kappa shape index (κ3) is 5.99. The van der Waals surface area contributed by atoms with E-state index >= 15 is 0 Å². The van der Waals surface area contributed by atoms with Crippen LogP contribution in [0.15, 0.2) is 0 Å². The summed E-state index contributed by atoms with van der Waals surface area (Å²) in [5.41, 5.74) is 0. The van der Waals surface area contributed by atoms with Gasteiger partial charge in [-0.3, -0.25) is 0 Å². The van der Waals surface area contributed by atoms with Gasteiger partial charge in [-0.1, -0.05) is 0 Å². The fraction of sp³-hybridized carbons (Fsp3) is 1.00. The first-order valence-electron chi connectivity index (χ1n) is 16.2. The summed E-state index contributed by atoms with van der Waals surface area (Å²) in [4.78, 5) is 0. The number of hydrogen-bond acceptors (Lipinski definition) is 6. The zero-order valence-electron chi connectivity index (χ0n) is 22.7. The molecule has 0 radical (unpaired) electrons. The number of rotatable bonds is 0. The van der Waals surface area contributed by atoms with E-state index in [4.69, 9.17) is 0 Å². The number of nitrogens with one attached hydrogen (secondary N) is 6. The van der Waals surface area contributed by atoms with Crippen molar-refractivity contribution in [2.24, 2.45) is 11.8 Å². The summed E-state index contributed by atoms with van der Waals surface area (Å²) in [7, 11) is 0. The molecule has 7 saturated heterocycles. The van der Waals surface area contributed by atoms with E-state index in [0.717, 1.165) is 72.3 Å². The Kier molecular flexibility index (Phi) is 7.63. The van der Waals surface area contributed by atoms with Crippen LogP contribution in [0.1, 0.15) is 103 Å². The van der Waals surface area contributed by atoms with E-state index in [1.54, 1.807) is 0 Å². The van der Waals surface area contributed by atoms with E-state index in [2.05, 4.69) is 31.9 Å². The summed E-state index contributed by atoms with van der Waals surface area (Å²) in [5.74, 6) is 1.76. The SMILES string of the molecule is C1NC2CC1CC1CCC(CC3CCC(CC4CC(CN4)CC4CCC(CC5CCC(C2)N5)N4)N3)N1. The van der Waals surface area contributed by atoms with Crippen LogP contribution in [0, 0.1) is 11.8 Å². The van der Waals surface area contributed by atoms with Gasteiger partial charge in [-0.15, -0.1) is 0 Å². The Morgan fingerprint density at radius 2 is 0.528 bits per heavy atom. The van der Waals surface area contributed by atoms with Gasteiger partial charge < -0.3 is 31.9 Å². The van der Waals surface area contributed by atoms with Gasteiger partial charge in [0.25, 0.3) is 0 Å². The molecule has 6 nitrogen and oxygen atoms in total. The molecule has 0 amide bonds. The summed E-state index contributed by atoms with van der Waals surface area (Å²) in [6.45, 7) is 2.50. The molecular weight excluding hydrogens is 444 g/mol. The van der Waals surface area contributed by atoms with E-state index in [0.29, 0.717) is 0 Å². The Hall–Kier alpha value is -0.240. The van der Waals surface area contributed by atoms with Gasteiger partial charge in [0.1, 0.15) is 0 Å². The lowest BCUT2D eigenvalue weighted by Gasteiger charge is -2.23. The summed E-state index contributed by atoms with van der Waals surface area (Å²) < 4.78 is 0. The maximum absolute atomic E-state index is 4.08. The van der Waals surface area contributed by atoms with Crippen molar-refractivity contribution >= 4 is 0 Å². The smallest absolute Gasteiger partial charge is 0.00851 e. The molecule has 0 aromatic rings. The molecular formula is C30H54N6. The van der Waals surface area contributed by atoms with E-state index in [-0.39, 0.29) is 0 Å². The number of fused-ring (bicyclic) bond motifs is 12. The molecule has 0 aromatic heterocycles. The Morgan fingerprint density at radius 1 is 0.278 bits per heavy atom. The molecule has 0 saturated carbocycles. The van der Waals surface area contributed by atoms with Crippen LogP contribution in [0.25, 0.3) is 0 Å². The van der Waals surface area contributed by atoms with Crippen molar-refractivity contribution in [2.75, 3.05) is 13.1 Å². The molecule has 7 heterocycles. The topological polar surface area (TPSA) is 72.2 Å². The van der Waals surface area contributed by atoms with Crippen molar-refractivity contribution in [1.82, 2.24) is 31.9 Å². The predicted octanol–water partition coefficient (Wildman–Crippen LogP) is 2.78. The molecule has 12 bridgehead atoms. The van der Waals surface area contributed by atoms with Crippen LogP contribution >= 0.6 is 0 Å². The predicted molar refractivity (Wildman–Crippen MR) is 147 cm³/mol. The zero-order chi connectivity index (χ0) is 23.9. The normalized spacial score (nSPS) is 52.0. The zero-order valence-corrected chi connectivity index (χ0v) is 22.7. The van der Waals surface area contributed by atoms with Crippen LogP contribution < -0.4 is 31.9 Å². The van der Waals surface area contributed by atoms with Gasteiger partial charge in [-0.2, -0.15) is 0 Å². The second-order valence-electron chi connectivity index (χ2n) is 14.4. The minimum atomic E-state index is 0.742. The first kappa shape index (κ1) is 24.8. The van der Waals surface area contributed by atoms with Gasteiger partial charge in [-0.05, 0) is 128 Å². The van der Waals surface area contributed by atoms with E-state index in [9.17, 15) is 0 Å². The lowest BCUT2D eigenvalue weighted by Crippen LogP contribution is -2.39. The summed E-state index contributed by atoms with van der Waals surface area (Å²) >= 11 is 0. The average molecular weight is 499 g/mol. The van der Waals surface area contributed by atoms with Crippen molar-refractivity contribution in [1.29, 1.82) is 0 Å². The van der Waals surface area contributed by atoms with Gasteiger partial charge in [-0.25, -0.2) is 0 Å². The minimum absolute atomic E-state index is 0.742. The Balaban J connectivity index is 0.972. The van der Waals surface area contributed by atoms with Crippen LogP contribution in [-0.4, -0.2) is 73.5 Å². The van der Waals surface area contributed by atoms with Crippen LogP contribution in [0.5, 0.6) is 0 Å². The lowest BCUT2D eigenvalue weighted by molar-refractivity contribution is 0.370. The van der Waals surface area contributed by atoms with Crippen molar-refractivity contribution < 1.29 is 0 Å². The molecule has 36 heavy (non-hydrogen) atoms. The van der Waals surface area contributed by atoms with E-state index < -0.39 is 0 Å². The third-order valence-electron chi connectivity index (χ3n) is 11.5. The Bertz CT molecular complexity index is 529. The Morgan fingerprint density at radius 3 is 0.861 bits per heavy atom. The molecule has 12 atom stereocenters. The van der Waals surface area contributed by atoms with E-state index in [1.807, 2.05) is 0 Å². The maximum atomic E-state index is 4.08. The van der Waals surface area contributed by atoms with Gasteiger partial charge in [0.2, 0.25) is 0 Å². The fourth-order valence-electron chi connectivity index (χ4n) is 9.80. The highest BCUT2D eigenvalue weighted by atomic mass is 15.1. The highest BCUT2D eigenvalue weighted by Crippen LogP contribution is 2.33. The fourth-order valence-corrected chi connectivity index (χ4v) is 9.80. The molecule has 7 aliphatic rings. The van der Waals surface area contributed by atoms with Crippen LogP contribution in [-0.2, 0) is 0 Å². The molecule has 7 fully saturated rings. The van der Waals surface area contributed by atoms with E-state index in [1.165, 1.54) is 116 Å². The largest absolute Gasteiger partial charge is 0.314 e. The molecule has 7 aliphatic heterocycles. The molecule has 12 unspecified atom stereocenters. The van der Waals surface area contributed by atoms with Gasteiger partial charge in [0.05, 0.1) is 0 Å². The first-order chi connectivity index (χ1) is 17.7. The summed E-state index contributed by atoms with van der Waals surface area (Å²) in [6, 6.07) is 7.48. The van der Waals surface area contributed by atoms with Crippen LogP contribution in [0.3, 0.4) is 0 Å². The summed E-state index contributed by atoms with van der Waals surface area (Å²) in [6.07, 6.45) is 22.1. The van der Waals surface area contributed by atoms with Crippen molar-refractivity contribution in [2.45, 2.75) is 163 Å². The first-order valence-corrected chi connectivity index (χ1v) is 16.2. The standard InChI is InChI=1S/C30H54N6/c1-3-23-13-25-5-7-27(35-25)16-30-12-20(18-32-30)10-22-2-4-24(34-22)14-26-6-8-28(36-26)15-29-11-19(17-31-29)9-21(1)33-23/h19-36H,1-18H2. The van der Waals surface area contributed by atoms with Gasteiger partial charge in [0.15, 0.2) is 0 Å². The monoisotopic (exact) mass is 498 g/mol. The van der Waals surface area contributed by atoms with Crippen molar-refractivity contribution in [3.63, 3.8) is 0 Å². The third-order valence-corrected chi connectivity index (χ3v) is 11.5. The van der Waals surface area contributed by atoms with Crippen molar-refractivity contribution in [3.8, 4) is 0 Å². The van der Waals surface area contributed by atoms with Crippen molar-refractivity contribution in [3.05, 3.63) is 0 Å². The molecule has 6 heteroatoms. The lowest BCUT2D eigenvalue weighted by atomic mass is 9.94. The molecule has 7 rings (SSSR count). The number of hydrogen-bond donors (Lipinski definition) is 6. The molecule has 0 aromatic carbocycles. The average Bonchev–Trinajstić information content (AvgIpc) is 3.68. The molecule has 204 valence electrons. The van der Waals surface area contributed by atoms with Gasteiger partial charge in [0, 0.05) is 60.4 Å². The maximum Gasteiger partial charge on any atom is 0.00851 e. The molecule has 0 spiro atoms. The molecule has 6 N–H and O–H groups in total. The highest BCUT2D eigenvalue weighted by Gasteiger charge is 2.37. The second-order valence-corrected chi connectivity index (χ2v) is 14.4. The van der Waals surface area contributed by atoms with Gasteiger partial charge >= 0.3 is 0 Å². The van der Waals surface area contributed by atoms with Crippen LogP contribution in [0.4, 0.5) is 0 Å². The highest BCUT2D eigenvalue weighted by molar-refractivity contribution is 4.98. The second kappa shape index (κ2) is 11.1. The minimum Gasteiger partial charge on any atom is -0.314 e. The summed E-state index contributed by atoms with van der Waals surface area (Å²) in [5, 5.41) is 24.1. The van der Waals surface area contributed by atoms with Crippen LogP contribution in [0.2, 0.25) is 0 Å².